The second-order valence-corrected chi connectivity index (χ2v) is 7.40. The Balaban J connectivity index is 1.88. The molecule has 2 aromatic carbocycles. The lowest BCUT2D eigenvalue weighted by molar-refractivity contribution is 0.0666. The first-order valence-electron chi connectivity index (χ1n) is 9.67. The summed E-state index contributed by atoms with van der Waals surface area (Å²) in [6, 6.07) is 9.64. The summed E-state index contributed by atoms with van der Waals surface area (Å²) in [5, 5.41) is 33.4. The Morgan fingerprint density at radius 1 is 1.21 bits per heavy atom. The summed E-state index contributed by atoms with van der Waals surface area (Å²) in [7, 11) is 1.55. The molecule has 1 saturated heterocycles. The molecule has 1 atom stereocenters. The number of carbonyl (C=O) groups is 1. The van der Waals surface area contributed by atoms with Crippen LogP contribution in [0.25, 0.3) is 22.3 Å². The van der Waals surface area contributed by atoms with Gasteiger partial charge in [0.1, 0.15) is 22.8 Å². The molecule has 7 heteroatoms. The number of nitrogens with one attached hydrogen (secondary N) is 1. The molecule has 4 rings (SSSR count). The second-order valence-electron chi connectivity index (χ2n) is 7.40. The largest absolute Gasteiger partial charge is 0.508 e. The van der Waals surface area contributed by atoms with Crippen molar-refractivity contribution >= 4 is 16.9 Å². The Morgan fingerprint density at radius 3 is 2.66 bits per heavy atom. The lowest BCUT2D eigenvalue weighted by atomic mass is 9.99. The van der Waals surface area contributed by atoms with E-state index in [2.05, 4.69) is 10.2 Å². The quantitative estimate of drug-likeness (QED) is 0.540. The minimum absolute atomic E-state index is 0.0840. The fourth-order valence-corrected chi connectivity index (χ4v) is 3.97. The first kappa shape index (κ1) is 19.3. The van der Waals surface area contributed by atoms with Crippen molar-refractivity contribution in [3.63, 3.8) is 0 Å². The van der Waals surface area contributed by atoms with Gasteiger partial charge in [0.25, 0.3) is 5.91 Å². The third-order valence-corrected chi connectivity index (χ3v) is 5.38. The Kier molecular flexibility index (Phi) is 5.17. The third-order valence-electron chi connectivity index (χ3n) is 5.38. The maximum absolute atomic E-state index is 12.8. The molecule has 7 nitrogen and oxygen atoms in total. The number of phenolic OH excluding ortho intramolecular Hbond substituents is 2. The first-order chi connectivity index (χ1) is 14.0. The lowest BCUT2D eigenvalue weighted by Crippen LogP contribution is -2.37. The number of benzene rings is 2. The molecule has 1 amide bonds. The fraction of sp³-hybridized carbons (Fsp3) is 0.318. The maximum Gasteiger partial charge on any atom is 0.255 e. The molecular formula is C22H24N2O5. The van der Waals surface area contributed by atoms with Crippen LogP contribution in [0.1, 0.15) is 28.8 Å². The van der Waals surface area contributed by atoms with Gasteiger partial charge in [0.2, 0.25) is 0 Å². The van der Waals surface area contributed by atoms with Gasteiger partial charge in [0.15, 0.2) is 0 Å². The number of β-amino-alcohol motifs (C(OH)–C–C–N with tert-alkyl or cyclic N) is 1. The Hall–Kier alpha value is -3.03. The van der Waals surface area contributed by atoms with Gasteiger partial charge in [0, 0.05) is 36.7 Å². The van der Waals surface area contributed by atoms with Crippen LogP contribution in [-0.4, -0.2) is 52.4 Å². The molecule has 0 spiro atoms. The van der Waals surface area contributed by atoms with Crippen molar-refractivity contribution in [1.29, 1.82) is 0 Å². The van der Waals surface area contributed by atoms with Crippen LogP contribution in [0.3, 0.4) is 0 Å². The van der Waals surface area contributed by atoms with Crippen LogP contribution in [0, 0.1) is 0 Å². The van der Waals surface area contributed by atoms with Gasteiger partial charge in [-0.2, -0.15) is 0 Å². The van der Waals surface area contributed by atoms with E-state index in [9.17, 15) is 20.1 Å². The van der Waals surface area contributed by atoms with Crippen molar-refractivity contribution in [2.75, 3.05) is 20.1 Å². The number of likely N-dealkylation sites (tertiary alicyclic amines) is 1. The summed E-state index contributed by atoms with van der Waals surface area (Å²) < 4.78 is 6.03. The third kappa shape index (κ3) is 3.66. The topological polar surface area (TPSA) is 106 Å². The average molecular weight is 396 g/mol. The molecule has 1 aliphatic rings. The average Bonchev–Trinajstić information content (AvgIpc) is 3.10. The molecule has 1 aromatic heterocycles. The monoisotopic (exact) mass is 396 g/mol. The van der Waals surface area contributed by atoms with Crippen molar-refractivity contribution in [2.24, 2.45) is 0 Å². The highest BCUT2D eigenvalue weighted by molar-refractivity contribution is 6.12. The van der Waals surface area contributed by atoms with E-state index in [1.807, 2.05) is 0 Å². The minimum atomic E-state index is -0.389. The standard InChI is InChI=1S/C22H24N2O5/c1-23-22(28)20-19-16(12-24-10-2-3-15(26)11-24)17(27)8-9-18(19)29-21(20)13-4-6-14(25)7-5-13/h4-9,15,25-27H,2-3,10-12H2,1H3,(H,23,28). The fourth-order valence-electron chi connectivity index (χ4n) is 3.97. The Labute approximate surface area is 168 Å². The van der Waals surface area contributed by atoms with Gasteiger partial charge in [-0.15, -0.1) is 0 Å². The molecule has 4 N–H and O–H groups in total. The molecule has 0 bridgehead atoms. The smallest absolute Gasteiger partial charge is 0.255 e. The maximum atomic E-state index is 12.8. The Morgan fingerprint density at radius 2 is 1.97 bits per heavy atom. The normalized spacial score (nSPS) is 17.5. The summed E-state index contributed by atoms with van der Waals surface area (Å²) in [4.78, 5) is 14.9. The summed E-state index contributed by atoms with van der Waals surface area (Å²) in [5.41, 5.74) is 2.09. The van der Waals surface area contributed by atoms with Crippen LogP contribution in [0.2, 0.25) is 0 Å². The molecule has 1 unspecified atom stereocenters. The molecule has 1 fully saturated rings. The number of rotatable bonds is 4. The van der Waals surface area contributed by atoms with Gasteiger partial charge in [0.05, 0.1) is 11.7 Å². The van der Waals surface area contributed by atoms with Crippen LogP contribution in [0.15, 0.2) is 40.8 Å². The zero-order valence-corrected chi connectivity index (χ0v) is 16.2. The van der Waals surface area contributed by atoms with E-state index in [1.165, 1.54) is 12.1 Å². The van der Waals surface area contributed by atoms with Crippen LogP contribution < -0.4 is 5.32 Å². The van der Waals surface area contributed by atoms with Crippen LogP contribution in [0.4, 0.5) is 0 Å². The highest BCUT2D eigenvalue weighted by Gasteiger charge is 2.27. The SMILES string of the molecule is CNC(=O)c1c(-c2ccc(O)cc2)oc2ccc(O)c(CN3CCCC(O)C3)c12. The van der Waals surface area contributed by atoms with Crippen molar-refractivity contribution in [3.05, 3.63) is 47.5 Å². The number of hydrogen-bond acceptors (Lipinski definition) is 6. The van der Waals surface area contributed by atoms with Crippen molar-refractivity contribution in [2.45, 2.75) is 25.5 Å². The van der Waals surface area contributed by atoms with E-state index < -0.39 is 0 Å². The minimum Gasteiger partial charge on any atom is -0.508 e. The van der Waals surface area contributed by atoms with Crippen LogP contribution in [0.5, 0.6) is 11.5 Å². The summed E-state index contributed by atoms with van der Waals surface area (Å²) in [5.74, 6) is 0.261. The highest BCUT2D eigenvalue weighted by atomic mass is 16.3. The highest BCUT2D eigenvalue weighted by Crippen LogP contribution is 2.39. The molecule has 1 aliphatic heterocycles. The Bertz CT molecular complexity index is 1040. The molecule has 2 heterocycles. The first-order valence-corrected chi connectivity index (χ1v) is 9.67. The van der Waals surface area contributed by atoms with Gasteiger partial charge in [-0.25, -0.2) is 0 Å². The zero-order chi connectivity index (χ0) is 20.5. The lowest BCUT2D eigenvalue weighted by Gasteiger charge is -2.30. The van der Waals surface area contributed by atoms with Gasteiger partial charge >= 0.3 is 0 Å². The van der Waals surface area contributed by atoms with E-state index in [4.69, 9.17) is 4.42 Å². The number of aromatic hydroxyl groups is 2. The summed E-state index contributed by atoms with van der Waals surface area (Å²) >= 11 is 0. The summed E-state index contributed by atoms with van der Waals surface area (Å²) in [6.45, 7) is 1.73. The zero-order valence-electron chi connectivity index (χ0n) is 16.2. The summed E-state index contributed by atoms with van der Waals surface area (Å²) in [6.07, 6.45) is 1.26. The van der Waals surface area contributed by atoms with E-state index in [0.717, 1.165) is 19.4 Å². The number of carbonyl (C=O) groups excluding carboxylic acids is 1. The molecule has 3 aromatic rings. The predicted molar refractivity (Wildman–Crippen MR) is 109 cm³/mol. The van der Waals surface area contributed by atoms with E-state index in [0.29, 0.717) is 46.5 Å². The molecule has 152 valence electrons. The number of phenols is 2. The van der Waals surface area contributed by atoms with Crippen LogP contribution >= 0.6 is 0 Å². The molecule has 0 saturated carbocycles. The van der Waals surface area contributed by atoms with Crippen molar-refractivity contribution < 1.29 is 24.5 Å². The molecular weight excluding hydrogens is 372 g/mol. The number of fused-ring (bicyclic) bond motifs is 1. The molecule has 0 aliphatic carbocycles. The number of piperidine rings is 1. The number of nitrogens with zero attached hydrogens (tertiary/aromatic N) is 1. The second kappa shape index (κ2) is 7.77. The number of furan rings is 1. The van der Waals surface area contributed by atoms with E-state index in [1.54, 1.807) is 31.3 Å². The van der Waals surface area contributed by atoms with Crippen molar-refractivity contribution in [3.8, 4) is 22.8 Å². The van der Waals surface area contributed by atoms with Gasteiger partial charge in [-0.05, 0) is 55.8 Å². The van der Waals surface area contributed by atoms with Crippen LogP contribution in [-0.2, 0) is 6.54 Å². The molecule has 29 heavy (non-hydrogen) atoms. The predicted octanol–water partition coefficient (Wildman–Crippen LogP) is 2.83. The number of aliphatic hydroxyl groups excluding tert-OH is 1. The number of aliphatic hydroxyl groups is 1. The van der Waals surface area contributed by atoms with E-state index in [-0.39, 0.29) is 23.5 Å². The van der Waals surface area contributed by atoms with Gasteiger partial charge < -0.3 is 25.1 Å². The number of amides is 1. The van der Waals surface area contributed by atoms with E-state index >= 15 is 0 Å². The van der Waals surface area contributed by atoms with Gasteiger partial charge in [-0.3, -0.25) is 9.69 Å². The van der Waals surface area contributed by atoms with Crippen molar-refractivity contribution in [1.82, 2.24) is 10.2 Å². The van der Waals surface area contributed by atoms with Gasteiger partial charge in [-0.1, -0.05) is 0 Å². The molecule has 0 radical (unpaired) electrons. The number of hydrogen-bond donors (Lipinski definition) is 4.